The highest BCUT2D eigenvalue weighted by molar-refractivity contribution is 6.04. The molecule has 1 heterocycles. The number of carbonyl (C=O) groups excluding carboxylic acids is 2. The monoisotopic (exact) mass is 240 g/mol. The molecule has 0 radical (unpaired) electrons. The first-order chi connectivity index (χ1) is 7.93. The molecule has 0 aromatic carbocycles. The topological polar surface area (TPSA) is 49.4 Å². The van der Waals surface area contributed by atoms with E-state index in [9.17, 15) is 9.59 Å². The summed E-state index contributed by atoms with van der Waals surface area (Å²) in [5.41, 5.74) is 0. The number of nitrogens with zero attached hydrogens (tertiary/aromatic N) is 1. The molecule has 2 amide bonds. The van der Waals surface area contributed by atoms with Gasteiger partial charge in [0.25, 0.3) is 0 Å². The van der Waals surface area contributed by atoms with Gasteiger partial charge in [-0.3, -0.25) is 14.5 Å². The molecule has 4 unspecified atom stereocenters. The van der Waals surface area contributed by atoms with Gasteiger partial charge in [0.05, 0.1) is 0 Å². The van der Waals surface area contributed by atoms with Crippen molar-refractivity contribution in [2.75, 3.05) is 13.6 Å². The van der Waals surface area contributed by atoms with Crippen LogP contribution in [0.1, 0.15) is 34.1 Å². The molecule has 0 spiro atoms. The Morgan fingerprint density at radius 1 is 1.24 bits per heavy atom. The van der Waals surface area contributed by atoms with Crippen molar-refractivity contribution < 1.29 is 9.59 Å². The van der Waals surface area contributed by atoms with Crippen molar-refractivity contribution in [3.63, 3.8) is 0 Å². The fraction of sp³-hybridized carbons (Fsp3) is 0.846. The lowest BCUT2D eigenvalue weighted by atomic mass is 9.99. The summed E-state index contributed by atoms with van der Waals surface area (Å²) in [6.45, 7) is 8.43. The SMILES string of the molecule is CCC(C)C(CN1C(=O)C(C)C(C)C1=O)NC. The molecule has 1 fully saturated rings. The van der Waals surface area contributed by atoms with Crippen molar-refractivity contribution in [3.05, 3.63) is 0 Å². The van der Waals surface area contributed by atoms with Crippen LogP contribution in [0.25, 0.3) is 0 Å². The normalized spacial score (nSPS) is 28.6. The van der Waals surface area contributed by atoms with Gasteiger partial charge in [-0.1, -0.05) is 34.1 Å². The van der Waals surface area contributed by atoms with Gasteiger partial charge in [0.15, 0.2) is 0 Å². The number of hydrogen-bond donors (Lipinski definition) is 1. The Hall–Kier alpha value is -0.900. The Morgan fingerprint density at radius 2 is 1.71 bits per heavy atom. The van der Waals surface area contributed by atoms with Crippen molar-refractivity contribution in [2.24, 2.45) is 17.8 Å². The average Bonchev–Trinajstić information content (AvgIpc) is 2.51. The summed E-state index contributed by atoms with van der Waals surface area (Å²) >= 11 is 0. The molecule has 17 heavy (non-hydrogen) atoms. The first-order valence-corrected chi connectivity index (χ1v) is 6.46. The molecule has 0 saturated carbocycles. The van der Waals surface area contributed by atoms with Crippen LogP contribution < -0.4 is 5.32 Å². The van der Waals surface area contributed by atoms with Crippen LogP contribution in [-0.2, 0) is 9.59 Å². The van der Waals surface area contributed by atoms with Crippen LogP contribution in [0.3, 0.4) is 0 Å². The summed E-state index contributed by atoms with van der Waals surface area (Å²) in [5, 5.41) is 3.20. The molecule has 0 aromatic rings. The van der Waals surface area contributed by atoms with E-state index >= 15 is 0 Å². The smallest absolute Gasteiger partial charge is 0.232 e. The van der Waals surface area contributed by atoms with E-state index in [0.29, 0.717) is 12.5 Å². The van der Waals surface area contributed by atoms with E-state index in [2.05, 4.69) is 19.2 Å². The maximum Gasteiger partial charge on any atom is 0.232 e. The summed E-state index contributed by atoms with van der Waals surface area (Å²) in [6.07, 6.45) is 1.03. The molecule has 1 N–H and O–H groups in total. The van der Waals surface area contributed by atoms with Crippen molar-refractivity contribution in [3.8, 4) is 0 Å². The minimum atomic E-state index is -0.170. The highest BCUT2D eigenvalue weighted by Gasteiger charge is 2.42. The van der Waals surface area contributed by atoms with Crippen LogP contribution in [-0.4, -0.2) is 36.3 Å². The molecular weight excluding hydrogens is 216 g/mol. The lowest BCUT2D eigenvalue weighted by Gasteiger charge is -2.26. The Balaban J connectivity index is 2.74. The molecular formula is C13H24N2O2. The van der Waals surface area contributed by atoms with Crippen LogP contribution in [0.5, 0.6) is 0 Å². The fourth-order valence-electron chi connectivity index (χ4n) is 2.24. The summed E-state index contributed by atoms with van der Waals surface area (Å²) < 4.78 is 0. The zero-order valence-electron chi connectivity index (χ0n) is 11.5. The minimum Gasteiger partial charge on any atom is -0.315 e. The van der Waals surface area contributed by atoms with E-state index in [1.165, 1.54) is 4.90 Å². The molecule has 0 aliphatic carbocycles. The van der Waals surface area contributed by atoms with Gasteiger partial charge in [-0.2, -0.15) is 0 Å². The molecule has 1 aliphatic rings. The minimum absolute atomic E-state index is 0.0222. The molecule has 1 aliphatic heterocycles. The standard InChI is InChI=1S/C13H24N2O2/c1-6-8(2)11(14-5)7-15-12(16)9(3)10(4)13(15)17/h8-11,14H,6-7H2,1-5H3. The average molecular weight is 240 g/mol. The van der Waals surface area contributed by atoms with Crippen LogP contribution >= 0.6 is 0 Å². The van der Waals surface area contributed by atoms with Crippen LogP contribution in [0.4, 0.5) is 0 Å². The van der Waals surface area contributed by atoms with Crippen LogP contribution in [0, 0.1) is 17.8 Å². The third-order valence-corrected chi connectivity index (χ3v) is 4.14. The van der Waals surface area contributed by atoms with E-state index in [1.54, 1.807) is 0 Å². The lowest BCUT2D eigenvalue weighted by Crippen LogP contribution is -2.45. The van der Waals surface area contributed by atoms with Crippen molar-refractivity contribution in [1.82, 2.24) is 10.2 Å². The largest absolute Gasteiger partial charge is 0.315 e. The first-order valence-electron chi connectivity index (χ1n) is 6.46. The summed E-state index contributed by atoms with van der Waals surface area (Å²) in [4.78, 5) is 25.4. The van der Waals surface area contributed by atoms with Gasteiger partial charge in [0.1, 0.15) is 0 Å². The Kier molecular flexibility index (Phi) is 4.69. The number of likely N-dealkylation sites (N-methyl/N-ethyl adjacent to an activating group) is 1. The molecule has 1 rings (SSSR count). The maximum absolute atomic E-state index is 12.0. The van der Waals surface area contributed by atoms with Crippen molar-refractivity contribution in [2.45, 2.75) is 40.2 Å². The molecule has 4 atom stereocenters. The summed E-state index contributed by atoms with van der Waals surface area (Å²) in [7, 11) is 1.88. The van der Waals surface area contributed by atoms with Gasteiger partial charge in [0.2, 0.25) is 11.8 Å². The number of imide groups is 1. The van der Waals surface area contributed by atoms with Gasteiger partial charge >= 0.3 is 0 Å². The number of rotatable bonds is 5. The Morgan fingerprint density at radius 3 is 2.06 bits per heavy atom. The van der Waals surface area contributed by atoms with Gasteiger partial charge in [0, 0.05) is 24.4 Å². The summed E-state index contributed by atoms with van der Waals surface area (Å²) in [5.74, 6) is 0.0674. The number of amides is 2. The third kappa shape index (κ3) is 2.68. The second-order valence-electron chi connectivity index (χ2n) is 5.15. The van der Waals surface area contributed by atoms with E-state index < -0.39 is 0 Å². The number of likely N-dealkylation sites (tertiary alicyclic amines) is 1. The van der Waals surface area contributed by atoms with E-state index in [4.69, 9.17) is 0 Å². The second kappa shape index (κ2) is 5.63. The molecule has 0 aromatic heterocycles. The highest BCUT2D eigenvalue weighted by Crippen LogP contribution is 2.26. The third-order valence-electron chi connectivity index (χ3n) is 4.14. The predicted molar refractivity (Wildman–Crippen MR) is 67.4 cm³/mol. The lowest BCUT2D eigenvalue weighted by molar-refractivity contribution is -0.140. The van der Waals surface area contributed by atoms with E-state index in [1.807, 2.05) is 20.9 Å². The summed E-state index contributed by atoms with van der Waals surface area (Å²) in [6, 6.07) is 0.186. The molecule has 0 bridgehead atoms. The predicted octanol–water partition coefficient (Wildman–Crippen LogP) is 1.26. The Labute approximate surface area is 104 Å². The van der Waals surface area contributed by atoms with Gasteiger partial charge in [-0.25, -0.2) is 0 Å². The second-order valence-corrected chi connectivity index (χ2v) is 5.15. The zero-order chi connectivity index (χ0) is 13.2. The van der Waals surface area contributed by atoms with Gasteiger partial charge in [-0.05, 0) is 13.0 Å². The van der Waals surface area contributed by atoms with E-state index in [0.717, 1.165) is 6.42 Å². The quantitative estimate of drug-likeness (QED) is 0.736. The Bertz CT molecular complexity index is 284. The van der Waals surface area contributed by atoms with Gasteiger partial charge < -0.3 is 5.32 Å². The molecule has 4 heteroatoms. The van der Waals surface area contributed by atoms with Crippen molar-refractivity contribution in [1.29, 1.82) is 0 Å². The fourth-order valence-corrected chi connectivity index (χ4v) is 2.24. The highest BCUT2D eigenvalue weighted by atomic mass is 16.2. The van der Waals surface area contributed by atoms with Crippen LogP contribution in [0.2, 0.25) is 0 Å². The maximum atomic E-state index is 12.0. The van der Waals surface area contributed by atoms with E-state index in [-0.39, 0.29) is 29.7 Å². The number of hydrogen-bond acceptors (Lipinski definition) is 3. The number of nitrogens with one attached hydrogen (secondary N) is 1. The molecule has 98 valence electrons. The molecule has 1 saturated heterocycles. The molecule has 4 nitrogen and oxygen atoms in total. The zero-order valence-corrected chi connectivity index (χ0v) is 11.5. The van der Waals surface area contributed by atoms with Crippen LogP contribution in [0.15, 0.2) is 0 Å². The first kappa shape index (κ1) is 14.2. The number of carbonyl (C=O) groups is 2. The van der Waals surface area contributed by atoms with Crippen molar-refractivity contribution >= 4 is 11.8 Å². The van der Waals surface area contributed by atoms with Gasteiger partial charge in [-0.15, -0.1) is 0 Å².